The Morgan fingerprint density at radius 2 is 2.08 bits per heavy atom. The summed E-state index contributed by atoms with van der Waals surface area (Å²) in [5, 5.41) is 5.29. The number of fused-ring (bicyclic) bond motifs is 2. The summed E-state index contributed by atoms with van der Waals surface area (Å²) < 4.78 is 0. The molecule has 1 aromatic carbocycles. The molecule has 1 atom stereocenters. The molecule has 2 aromatic rings. The zero-order valence-electron chi connectivity index (χ0n) is 22.1. The highest BCUT2D eigenvalue weighted by Crippen LogP contribution is 2.36. The van der Waals surface area contributed by atoms with Crippen LogP contribution in [0.4, 0.5) is 0 Å². The molecule has 3 rings (SSSR count). The molecule has 0 fully saturated rings. The Bertz CT molecular complexity index is 1090. The molecule has 1 unspecified atom stereocenters. The fourth-order valence-electron chi connectivity index (χ4n) is 4.90. The number of aromatic nitrogens is 1. The van der Waals surface area contributed by atoms with Gasteiger partial charge in [-0.2, -0.15) is 0 Å². The number of guanidine groups is 1. The van der Waals surface area contributed by atoms with Crippen LogP contribution in [0.2, 0.25) is 5.02 Å². The van der Waals surface area contributed by atoms with Crippen molar-refractivity contribution in [2.24, 2.45) is 22.4 Å². The van der Waals surface area contributed by atoms with Crippen molar-refractivity contribution in [3.63, 3.8) is 0 Å². The van der Waals surface area contributed by atoms with Crippen LogP contribution in [-0.4, -0.2) is 48.6 Å². The summed E-state index contributed by atoms with van der Waals surface area (Å²) in [5.41, 5.74) is 17.5. The Morgan fingerprint density at radius 3 is 2.81 bits per heavy atom. The monoisotopic (exact) mass is 510 g/mol. The van der Waals surface area contributed by atoms with Crippen LogP contribution in [0.5, 0.6) is 0 Å². The lowest BCUT2D eigenvalue weighted by molar-refractivity contribution is 0.366. The number of unbranched alkanes of at least 4 members (excludes halogenated alkanes) is 1. The molecule has 1 aliphatic carbocycles. The largest absolute Gasteiger partial charge is 0.370 e. The summed E-state index contributed by atoms with van der Waals surface area (Å²) in [6.07, 6.45) is 7.22. The Labute approximate surface area is 221 Å². The molecule has 5 N–H and O–H groups in total. The van der Waals surface area contributed by atoms with Crippen molar-refractivity contribution in [2.75, 3.05) is 32.7 Å². The van der Waals surface area contributed by atoms with Gasteiger partial charge in [0.15, 0.2) is 5.96 Å². The molecular formula is C29H43ClN6. The lowest BCUT2D eigenvalue weighted by atomic mass is 9.84. The predicted molar refractivity (Wildman–Crippen MR) is 155 cm³/mol. The normalized spacial score (nSPS) is 14.9. The number of halogens is 1. The lowest BCUT2D eigenvalue weighted by Gasteiger charge is -2.28. The van der Waals surface area contributed by atoms with E-state index in [0.717, 1.165) is 104 Å². The molecule has 196 valence electrons. The zero-order chi connectivity index (χ0) is 26.1. The van der Waals surface area contributed by atoms with Crippen LogP contribution in [0.15, 0.2) is 42.0 Å². The smallest absolute Gasteiger partial charge is 0.185 e. The minimum atomic E-state index is 0.153. The number of allylic oxidation sites excluding steroid dienone is 1. The third kappa shape index (κ3) is 7.47. The number of benzene rings is 1. The number of pyridine rings is 1. The average Bonchev–Trinajstić information content (AvgIpc) is 2.86. The van der Waals surface area contributed by atoms with Crippen LogP contribution in [0.25, 0.3) is 16.5 Å². The van der Waals surface area contributed by atoms with Crippen LogP contribution >= 0.6 is 11.6 Å². The van der Waals surface area contributed by atoms with Crippen molar-refractivity contribution in [3.8, 4) is 0 Å². The molecule has 1 aromatic heterocycles. The van der Waals surface area contributed by atoms with E-state index < -0.39 is 0 Å². The third-order valence-electron chi connectivity index (χ3n) is 7.08. The van der Waals surface area contributed by atoms with Gasteiger partial charge in [0.1, 0.15) is 0 Å². The van der Waals surface area contributed by atoms with Crippen LogP contribution < -0.4 is 16.8 Å². The highest BCUT2D eigenvalue weighted by atomic mass is 35.5. The van der Waals surface area contributed by atoms with E-state index in [-0.39, 0.29) is 5.96 Å². The summed E-state index contributed by atoms with van der Waals surface area (Å²) >= 11 is 6.89. The van der Waals surface area contributed by atoms with Gasteiger partial charge in [-0.05, 0) is 73.8 Å². The van der Waals surface area contributed by atoms with Crippen LogP contribution in [0.1, 0.15) is 62.8 Å². The van der Waals surface area contributed by atoms with Crippen molar-refractivity contribution >= 4 is 34.0 Å². The molecule has 0 aliphatic heterocycles. The number of nitrogens with two attached hydrogens (primary N) is 2. The van der Waals surface area contributed by atoms with Gasteiger partial charge in [-0.25, -0.2) is 0 Å². The number of nitrogens with zero attached hydrogens (tertiary/aromatic N) is 3. The van der Waals surface area contributed by atoms with Gasteiger partial charge in [-0.1, -0.05) is 57.2 Å². The second kappa shape index (κ2) is 13.7. The molecule has 0 saturated carbocycles. The standard InChI is InChI=1S/C29H43ClN6/c1-5-7-8-21(4)36(16-15-33-6-2)19-20(3)23-10-12-25-27(18-23)35-26-17-22(13-14-34-29(31)32)9-11-24(26)28(25)30/h10,12,18,22,33H,3-9,11,13-17,19H2,1-2H3,(H4,31,32,34). The van der Waals surface area contributed by atoms with Gasteiger partial charge in [0, 0.05) is 43.0 Å². The SMILES string of the molecule is C=C(CN(CCNCC)C(=C)CCCC)c1ccc2c(Cl)c3c(nc2c1)CC(CCN=C(N)N)CC3. The van der Waals surface area contributed by atoms with Crippen LogP contribution in [-0.2, 0) is 12.8 Å². The first-order valence-corrected chi connectivity index (χ1v) is 13.7. The van der Waals surface area contributed by atoms with E-state index in [1.807, 2.05) is 0 Å². The van der Waals surface area contributed by atoms with Crippen molar-refractivity contribution in [1.29, 1.82) is 0 Å². The summed E-state index contributed by atoms with van der Waals surface area (Å²) in [6.45, 7) is 17.4. The van der Waals surface area contributed by atoms with Crippen LogP contribution in [0, 0.1) is 5.92 Å². The molecular weight excluding hydrogens is 468 g/mol. The van der Waals surface area contributed by atoms with Crippen molar-refractivity contribution in [1.82, 2.24) is 15.2 Å². The number of hydrogen-bond acceptors (Lipinski definition) is 4. The van der Waals surface area contributed by atoms with Gasteiger partial charge < -0.3 is 21.7 Å². The highest BCUT2D eigenvalue weighted by molar-refractivity contribution is 6.36. The number of aliphatic imine (C=N–C) groups is 1. The first kappa shape index (κ1) is 28.0. The highest BCUT2D eigenvalue weighted by Gasteiger charge is 2.23. The molecule has 0 amide bonds. The zero-order valence-corrected chi connectivity index (χ0v) is 22.8. The van der Waals surface area contributed by atoms with Gasteiger partial charge in [0.2, 0.25) is 0 Å². The fourth-order valence-corrected chi connectivity index (χ4v) is 5.27. The molecule has 0 bridgehead atoms. The minimum absolute atomic E-state index is 0.153. The topological polar surface area (TPSA) is 92.6 Å². The number of hydrogen-bond donors (Lipinski definition) is 3. The summed E-state index contributed by atoms with van der Waals surface area (Å²) in [5.74, 6) is 0.666. The van der Waals surface area contributed by atoms with E-state index in [1.165, 1.54) is 11.3 Å². The first-order chi connectivity index (χ1) is 17.3. The maximum atomic E-state index is 6.89. The van der Waals surface area contributed by atoms with Gasteiger partial charge in [-0.3, -0.25) is 9.98 Å². The van der Waals surface area contributed by atoms with Gasteiger partial charge in [-0.15, -0.1) is 0 Å². The first-order valence-electron chi connectivity index (χ1n) is 13.3. The summed E-state index contributed by atoms with van der Waals surface area (Å²) in [6, 6.07) is 6.37. The van der Waals surface area contributed by atoms with Crippen molar-refractivity contribution in [2.45, 2.75) is 58.8 Å². The Balaban J connectivity index is 1.78. The minimum Gasteiger partial charge on any atom is -0.370 e. The number of nitrogens with one attached hydrogen (secondary N) is 1. The number of rotatable bonds is 14. The average molecular weight is 511 g/mol. The second-order valence-corrected chi connectivity index (χ2v) is 10.2. The van der Waals surface area contributed by atoms with Crippen molar-refractivity contribution < 1.29 is 0 Å². The lowest BCUT2D eigenvalue weighted by Crippen LogP contribution is -2.32. The molecule has 0 saturated heterocycles. The molecule has 7 heteroatoms. The Kier molecular flexibility index (Phi) is 10.6. The molecule has 1 heterocycles. The molecule has 0 radical (unpaired) electrons. The summed E-state index contributed by atoms with van der Waals surface area (Å²) in [4.78, 5) is 11.6. The number of likely N-dealkylation sites (N-methyl/N-ethyl adjacent to an activating group) is 1. The Morgan fingerprint density at radius 1 is 1.28 bits per heavy atom. The quantitative estimate of drug-likeness (QED) is 0.182. The second-order valence-electron chi connectivity index (χ2n) is 9.84. The maximum absolute atomic E-state index is 6.89. The van der Waals surface area contributed by atoms with E-state index in [1.54, 1.807) is 0 Å². The molecule has 1 aliphatic rings. The van der Waals surface area contributed by atoms with Crippen molar-refractivity contribution in [3.05, 3.63) is 58.9 Å². The van der Waals surface area contributed by atoms with E-state index in [9.17, 15) is 0 Å². The molecule has 36 heavy (non-hydrogen) atoms. The van der Waals surface area contributed by atoms with E-state index in [2.05, 4.69) is 60.4 Å². The third-order valence-corrected chi connectivity index (χ3v) is 7.52. The molecule has 0 spiro atoms. The van der Waals surface area contributed by atoms with Gasteiger partial charge >= 0.3 is 0 Å². The molecule has 6 nitrogen and oxygen atoms in total. The van der Waals surface area contributed by atoms with E-state index in [0.29, 0.717) is 12.5 Å². The van der Waals surface area contributed by atoms with E-state index >= 15 is 0 Å². The summed E-state index contributed by atoms with van der Waals surface area (Å²) in [7, 11) is 0. The van der Waals surface area contributed by atoms with Gasteiger partial charge in [0.25, 0.3) is 0 Å². The predicted octanol–water partition coefficient (Wildman–Crippen LogP) is 5.29. The fraction of sp³-hybridized carbons (Fsp3) is 0.517. The van der Waals surface area contributed by atoms with E-state index in [4.69, 9.17) is 28.1 Å². The van der Waals surface area contributed by atoms with Gasteiger partial charge in [0.05, 0.1) is 10.5 Å². The maximum Gasteiger partial charge on any atom is 0.185 e. The van der Waals surface area contributed by atoms with Crippen LogP contribution in [0.3, 0.4) is 0 Å². The Hall–Kier alpha value is -2.57.